The molecule has 0 amide bonds. The van der Waals surface area contributed by atoms with E-state index >= 15 is 0 Å². The van der Waals surface area contributed by atoms with Crippen LogP contribution in [0.15, 0.2) is 0 Å². The molecule has 0 aliphatic heterocycles. The molecule has 2 unspecified atom stereocenters. The molecule has 1 N–H and O–H groups in total. The standard InChI is InChI=1S/C11H19F3O/c1-8(2)6-10(15)5-3-4-9(7-10)11(12,13)14/h8-9,15H,3-7H2,1-2H3. The third kappa shape index (κ3) is 3.67. The van der Waals surface area contributed by atoms with Crippen molar-refractivity contribution in [2.75, 3.05) is 0 Å². The van der Waals surface area contributed by atoms with E-state index in [9.17, 15) is 18.3 Å². The Bertz CT molecular complexity index is 212. The summed E-state index contributed by atoms with van der Waals surface area (Å²) >= 11 is 0. The number of halogens is 3. The lowest BCUT2D eigenvalue weighted by Gasteiger charge is -2.38. The molecule has 4 heteroatoms. The van der Waals surface area contributed by atoms with Crippen LogP contribution in [-0.4, -0.2) is 16.9 Å². The van der Waals surface area contributed by atoms with Gasteiger partial charge in [0.25, 0.3) is 0 Å². The second-order valence-electron chi connectivity index (χ2n) is 5.16. The van der Waals surface area contributed by atoms with E-state index in [2.05, 4.69) is 0 Å². The molecule has 1 nitrogen and oxygen atoms in total. The van der Waals surface area contributed by atoms with E-state index in [4.69, 9.17) is 0 Å². The first kappa shape index (κ1) is 12.8. The Labute approximate surface area is 88.7 Å². The summed E-state index contributed by atoms with van der Waals surface area (Å²) in [4.78, 5) is 0. The second-order valence-corrected chi connectivity index (χ2v) is 5.16. The van der Waals surface area contributed by atoms with Crippen molar-refractivity contribution in [3.05, 3.63) is 0 Å². The molecule has 0 bridgehead atoms. The van der Waals surface area contributed by atoms with Gasteiger partial charge in [-0.3, -0.25) is 0 Å². The van der Waals surface area contributed by atoms with Gasteiger partial charge in [-0.2, -0.15) is 13.2 Å². The molecule has 1 rings (SSSR count). The van der Waals surface area contributed by atoms with Crippen molar-refractivity contribution < 1.29 is 18.3 Å². The van der Waals surface area contributed by atoms with Crippen LogP contribution in [0.25, 0.3) is 0 Å². The lowest BCUT2D eigenvalue weighted by molar-refractivity contribution is -0.202. The second kappa shape index (κ2) is 4.32. The molecule has 0 aromatic carbocycles. The number of hydrogen-bond donors (Lipinski definition) is 1. The third-order valence-corrected chi connectivity index (χ3v) is 3.07. The van der Waals surface area contributed by atoms with Crippen LogP contribution in [-0.2, 0) is 0 Å². The highest BCUT2D eigenvalue weighted by Gasteiger charge is 2.46. The van der Waals surface area contributed by atoms with Gasteiger partial charge in [-0.15, -0.1) is 0 Å². The fourth-order valence-electron chi connectivity index (χ4n) is 2.57. The lowest BCUT2D eigenvalue weighted by atomic mass is 9.74. The molecule has 15 heavy (non-hydrogen) atoms. The fraction of sp³-hybridized carbons (Fsp3) is 1.00. The van der Waals surface area contributed by atoms with Crippen LogP contribution < -0.4 is 0 Å². The van der Waals surface area contributed by atoms with Crippen LogP contribution in [0.3, 0.4) is 0 Å². The Morgan fingerprint density at radius 2 is 2.00 bits per heavy atom. The highest BCUT2D eigenvalue weighted by Crippen LogP contribution is 2.43. The van der Waals surface area contributed by atoms with Crippen molar-refractivity contribution in [2.45, 2.75) is 57.7 Å². The molecule has 0 heterocycles. The molecule has 0 aromatic heterocycles. The van der Waals surface area contributed by atoms with Gasteiger partial charge in [-0.1, -0.05) is 13.8 Å². The van der Waals surface area contributed by atoms with Gasteiger partial charge in [0, 0.05) is 0 Å². The van der Waals surface area contributed by atoms with Crippen LogP contribution in [0, 0.1) is 11.8 Å². The van der Waals surface area contributed by atoms with Crippen molar-refractivity contribution in [3.63, 3.8) is 0 Å². The maximum Gasteiger partial charge on any atom is 0.391 e. The molecular formula is C11H19F3O. The number of hydrogen-bond acceptors (Lipinski definition) is 1. The average Bonchev–Trinajstić information content (AvgIpc) is 1.99. The number of aliphatic hydroxyl groups is 1. The molecule has 2 atom stereocenters. The predicted octanol–water partition coefficient (Wildman–Crippen LogP) is 3.52. The van der Waals surface area contributed by atoms with E-state index in [1.807, 2.05) is 13.8 Å². The first-order chi connectivity index (χ1) is 6.73. The zero-order valence-electron chi connectivity index (χ0n) is 9.27. The zero-order chi connectivity index (χ0) is 11.7. The van der Waals surface area contributed by atoms with Gasteiger partial charge in [0.05, 0.1) is 11.5 Å². The Morgan fingerprint density at radius 3 is 2.47 bits per heavy atom. The van der Waals surface area contributed by atoms with E-state index in [0.717, 1.165) is 0 Å². The molecule has 0 spiro atoms. The zero-order valence-corrected chi connectivity index (χ0v) is 9.27. The van der Waals surface area contributed by atoms with E-state index in [0.29, 0.717) is 19.3 Å². The Kier molecular flexibility index (Phi) is 3.69. The highest BCUT2D eigenvalue weighted by molar-refractivity contribution is 4.89. The summed E-state index contributed by atoms with van der Waals surface area (Å²) in [6.07, 6.45) is -2.63. The van der Waals surface area contributed by atoms with Crippen LogP contribution in [0.4, 0.5) is 13.2 Å². The highest BCUT2D eigenvalue weighted by atomic mass is 19.4. The number of alkyl halides is 3. The molecule has 0 radical (unpaired) electrons. The number of rotatable bonds is 2. The Morgan fingerprint density at radius 1 is 1.40 bits per heavy atom. The molecular weight excluding hydrogens is 205 g/mol. The quantitative estimate of drug-likeness (QED) is 0.761. The predicted molar refractivity (Wildman–Crippen MR) is 52.4 cm³/mol. The summed E-state index contributed by atoms with van der Waals surface area (Å²) in [6.45, 7) is 3.85. The minimum absolute atomic E-state index is 0.116. The van der Waals surface area contributed by atoms with Crippen molar-refractivity contribution in [2.24, 2.45) is 11.8 Å². The molecule has 1 saturated carbocycles. The monoisotopic (exact) mass is 224 g/mol. The van der Waals surface area contributed by atoms with Crippen molar-refractivity contribution in [3.8, 4) is 0 Å². The Balaban J connectivity index is 2.62. The lowest BCUT2D eigenvalue weighted by Crippen LogP contribution is -2.41. The van der Waals surface area contributed by atoms with Crippen LogP contribution >= 0.6 is 0 Å². The van der Waals surface area contributed by atoms with Gasteiger partial charge in [0.15, 0.2) is 0 Å². The van der Waals surface area contributed by atoms with Crippen LogP contribution in [0.1, 0.15) is 46.0 Å². The minimum atomic E-state index is -4.15. The van der Waals surface area contributed by atoms with Crippen LogP contribution in [0.5, 0.6) is 0 Å². The Hall–Kier alpha value is -0.250. The maximum absolute atomic E-state index is 12.5. The smallest absolute Gasteiger partial charge is 0.390 e. The van der Waals surface area contributed by atoms with Gasteiger partial charge in [0.1, 0.15) is 0 Å². The molecule has 0 aromatic rings. The summed E-state index contributed by atoms with van der Waals surface area (Å²) in [5, 5.41) is 10.1. The van der Waals surface area contributed by atoms with E-state index in [1.165, 1.54) is 0 Å². The van der Waals surface area contributed by atoms with Gasteiger partial charge < -0.3 is 5.11 Å². The van der Waals surface area contributed by atoms with Crippen LogP contribution in [0.2, 0.25) is 0 Å². The van der Waals surface area contributed by atoms with Gasteiger partial charge >= 0.3 is 6.18 Å². The normalized spacial score (nSPS) is 33.4. The topological polar surface area (TPSA) is 20.2 Å². The fourth-order valence-corrected chi connectivity index (χ4v) is 2.57. The van der Waals surface area contributed by atoms with Crippen molar-refractivity contribution >= 4 is 0 Å². The van der Waals surface area contributed by atoms with E-state index in [-0.39, 0.29) is 18.8 Å². The molecule has 1 aliphatic carbocycles. The summed E-state index contributed by atoms with van der Waals surface area (Å²) in [5.74, 6) is -1.07. The third-order valence-electron chi connectivity index (χ3n) is 3.07. The van der Waals surface area contributed by atoms with Gasteiger partial charge in [-0.05, 0) is 38.0 Å². The molecule has 0 saturated heterocycles. The minimum Gasteiger partial charge on any atom is -0.390 e. The summed E-state index contributed by atoms with van der Waals surface area (Å²) in [5.41, 5.74) is -1.09. The molecule has 1 aliphatic rings. The van der Waals surface area contributed by atoms with E-state index < -0.39 is 17.7 Å². The summed E-state index contributed by atoms with van der Waals surface area (Å²) in [6, 6.07) is 0. The van der Waals surface area contributed by atoms with Crippen molar-refractivity contribution in [1.29, 1.82) is 0 Å². The van der Waals surface area contributed by atoms with Gasteiger partial charge in [-0.25, -0.2) is 0 Å². The SMILES string of the molecule is CC(C)CC1(O)CCCC(C(F)(F)F)C1. The largest absolute Gasteiger partial charge is 0.391 e. The maximum atomic E-state index is 12.5. The summed E-state index contributed by atoms with van der Waals surface area (Å²) in [7, 11) is 0. The van der Waals surface area contributed by atoms with Crippen molar-refractivity contribution in [1.82, 2.24) is 0 Å². The first-order valence-electron chi connectivity index (χ1n) is 5.52. The molecule has 1 fully saturated rings. The average molecular weight is 224 g/mol. The van der Waals surface area contributed by atoms with E-state index in [1.54, 1.807) is 0 Å². The first-order valence-corrected chi connectivity index (χ1v) is 5.52. The van der Waals surface area contributed by atoms with Gasteiger partial charge in [0.2, 0.25) is 0 Å². The summed E-state index contributed by atoms with van der Waals surface area (Å²) < 4.78 is 37.5. The molecule has 90 valence electrons.